The number of carbonyl (C=O) groups excluding carboxylic acids is 1. The van der Waals surface area contributed by atoms with Crippen molar-refractivity contribution in [3.63, 3.8) is 0 Å². The van der Waals surface area contributed by atoms with Crippen molar-refractivity contribution in [2.45, 2.75) is 13.3 Å². The molecule has 0 unspecified atom stereocenters. The van der Waals surface area contributed by atoms with Crippen molar-refractivity contribution < 1.29 is 14.3 Å². The van der Waals surface area contributed by atoms with Crippen LogP contribution in [-0.2, 0) is 0 Å². The zero-order valence-electron chi connectivity index (χ0n) is 8.87. The Morgan fingerprint density at radius 1 is 1.12 bits per heavy atom. The van der Waals surface area contributed by atoms with Crippen molar-refractivity contribution in [3.05, 3.63) is 5.56 Å². The van der Waals surface area contributed by atoms with Crippen molar-refractivity contribution in [1.82, 2.24) is 0 Å². The van der Waals surface area contributed by atoms with Crippen LogP contribution in [0.2, 0.25) is 0 Å². The van der Waals surface area contributed by atoms with E-state index in [-0.39, 0.29) is 34.5 Å². The van der Waals surface area contributed by atoms with E-state index in [0.29, 0.717) is 17.9 Å². The van der Waals surface area contributed by atoms with Crippen molar-refractivity contribution in [2.75, 3.05) is 6.79 Å². The van der Waals surface area contributed by atoms with Gasteiger partial charge in [-0.25, -0.2) is 0 Å². The summed E-state index contributed by atoms with van der Waals surface area (Å²) in [6.07, 6.45) is 0.299. The molecule has 0 fully saturated rings. The first-order valence-electron chi connectivity index (χ1n) is 4.87. The maximum Gasteiger partial charge on any atom is 0.231 e. The molecule has 0 spiro atoms. The largest absolute Gasteiger partial charge is 0.454 e. The van der Waals surface area contributed by atoms with Gasteiger partial charge in [0.05, 0.1) is 0 Å². The molecule has 2 rings (SSSR count). The Morgan fingerprint density at radius 2 is 1.69 bits per heavy atom. The van der Waals surface area contributed by atoms with Gasteiger partial charge < -0.3 is 9.47 Å². The van der Waals surface area contributed by atoms with Gasteiger partial charge in [-0.05, 0) is 5.46 Å². The fourth-order valence-electron chi connectivity index (χ4n) is 1.67. The first-order chi connectivity index (χ1) is 7.57. The molecule has 1 aliphatic rings. The molecular formula is C10H7B3O3. The van der Waals surface area contributed by atoms with Crippen molar-refractivity contribution >= 4 is 45.7 Å². The Kier molecular flexibility index (Phi) is 2.74. The lowest BCUT2D eigenvalue weighted by Crippen LogP contribution is -2.38. The number of ketones is 1. The maximum atomic E-state index is 11.7. The average Bonchev–Trinajstić information content (AvgIpc) is 2.75. The van der Waals surface area contributed by atoms with Gasteiger partial charge in [0.25, 0.3) is 0 Å². The van der Waals surface area contributed by atoms with Crippen LogP contribution in [0.1, 0.15) is 23.7 Å². The molecule has 1 aromatic rings. The van der Waals surface area contributed by atoms with E-state index >= 15 is 0 Å². The lowest BCUT2D eigenvalue weighted by molar-refractivity contribution is 0.0990. The zero-order chi connectivity index (χ0) is 11.9. The van der Waals surface area contributed by atoms with Gasteiger partial charge in [-0.1, -0.05) is 17.8 Å². The lowest BCUT2D eigenvalue weighted by Gasteiger charge is -2.15. The van der Waals surface area contributed by atoms with E-state index in [0.717, 1.165) is 0 Å². The normalized spacial score (nSPS) is 12.8. The van der Waals surface area contributed by atoms with Crippen LogP contribution in [0.15, 0.2) is 0 Å². The summed E-state index contributed by atoms with van der Waals surface area (Å²) in [6.45, 7) is 1.76. The summed E-state index contributed by atoms with van der Waals surface area (Å²) in [4.78, 5) is 11.7. The fraction of sp³-hybridized carbons (Fsp3) is 0.300. The summed E-state index contributed by atoms with van der Waals surface area (Å²) in [5.74, 6) is 0.464. The van der Waals surface area contributed by atoms with Gasteiger partial charge in [0.15, 0.2) is 17.3 Å². The molecule has 0 aliphatic carbocycles. The van der Waals surface area contributed by atoms with E-state index in [9.17, 15) is 4.79 Å². The van der Waals surface area contributed by atoms with Crippen LogP contribution in [0.4, 0.5) is 0 Å². The van der Waals surface area contributed by atoms with Gasteiger partial charge in [0.1, 0.15) is 23.5 Å². The highest BCUT2D eigenvalue weighted by atomic mass is 16.7. The minimum absolute atomic E-state index is 0.0347. The van der Waals surface area contributed by atoms with E-state index in [4.69, 9.17) is 33.0 Å². The molecule has 0 amide bonds. The number of hydrogen-bond acceptors (Lipinski definition) is 3. The van der Waals surface area contributed by atoms with E-state index < -0.39 is 0 Å². The molecule has 1 aromatic carbocycles. The predicted molar refractivity (Wildman–Crippen MR) is 63.4 cm³/mol. The standard InChI is InChI=1S/C10H7B3O3/c1-2-4(14)5-6(11)8(13)10-9(7(5)12)15-3-16-10/h2-3H2,1H3. The first kappa shape index (κ1) is 11.2. The summed E-state index contributed by atoms with van der Waals surface area (Å²) in [5, 5.41) is 0. The molecule has 0 bridgehead atoms. The quantitative estimate of drug-likeness (QED) is 0.433. The number of carbonyl (C=O) groups is 1. The molecule has 0 N–H and O–H groups in total. The second-order valence-corrected chi connectivity index (χ2v) is 3.46. The summed E-state index contributed by atoms with van der Waals surface area (Å²) < 4.78 is 10.3. The smallest absolute Gasteiger partial charge is 0.231 e. The van der Waals surface area contributed by atoms with Crippen LogP contribution in [0.3, 0.4) is 0 Å². The summed E-state index contributed by atoms with van der Waals surface area (Å²) in [6, 6.07) is 0. The van der Waals surface area contributed by atoms with Crippen molar-refractivity contribution in [2.24, 2.45) is 0 Å². The SMILES string of the molecule is [B]c1c([B])c(C(=O)CC)c([B])c2c1OCO2. The van der Waals surface area contributed by atoms with Crippen molar-refractivity contribution in [1.29, 1.82) is 0 Å². The predicted octanol–water partition coefficient (Wildman–Crippen LogP) is -1.61. The Labute approximate surface area is 97.7 Å². The van der Waals surface area contributed by atoms with Gasteiger partial charge in [0.2, 0.25) is 6.79 Å². The van der Waals surface area contributed by atoms with E-state index in [2.05, 4.69) is 0 Å². The fourth-order valence-corrected chi connectivity index (χ4v) is 1.67. The number of rotatable bonds is 2. The van der Waals surface area contributed by atoms with Crippen LogP contribution in [0, 0.1) is 0 Å². The minimum atomic E-state index is -0.167. The second-order valence-electron chi connectivity index (χ2n) is 3.46. The minimum Gasteiger partial charge on any atom is -0.454 e. The molecule has 3 nitrogen and oxygen atoms in total. The molecule has 1 heterocycles. The van der Waals surface area contributed by atoms with Crippen molar-refractivity contribution in [3.8, 4) is 11.5 Å². The monoisotopic (exact) mass is 208 g/mol. The summed E-state index contributed by atoms with van der Waals surface area (Å²) in [5.41, 5.74) is 0.794. The molecule has 6 heteroatoms. The Morgan fingerprint density at radius 3 is 2.25 bits per heavy atom. The molecule has 0 saturated carbocycles. The molecular weight excluding hydrogens is 201 g/mol. The Hall–Kier alpha value is -1.32. The highest BCUT2D eigenvalue weighted by Crippen LogP contribution is 2.27. The highest BCUT2D eigenvalue weighted by molar-refractivity contribution is 6.55. The van der Waals surface area contributed by atoms with Crippen LogP contribution in [0.25, 0.3) is 0 Å². The van der Waals surface area contributed by atoms with E-state index in [1.54, 1.807) is 6.92 Å². The molecule has 74 valence electrons. The number of fused-ring (bicyclic) bond motifs is 1. The van der Waals surface area contributed by atoms with Crippen LogP contribution in [0.5, 0.6) is 11.5 Å². The molecule has 6 radical (unpaired) electrons. The number of benzene rings is 1. The molecule has 0 aromatic heterocycles. The van der Waals surface area contributed by atoms with Crippen LogP contribution in [-0.4, -0.2) is 36.1 Å². The summed E-state index contributed by atoms with van der Waals surface area (Å²) in [7, 11) is 17.3. The zero-order valence-corrected chi connectivity index (χ0v) is 8.87. The maximum absolute atomic E-state index is 11.7. The van der Waals surface area contributed by atoms with Gasteiger partial charge in [0, 0.05) is 12.0 Å². The van der Waals surface area contributed by atoms with Crippen LogP contribution < -0.4 is 25.9 Å². The second kappa shape index (κ2) is 3.93. The van der Waals surface area contributed by atoms with Crippen LogP contribution >= 0.6 is 0 Å². The molecule has 1 aliphatic heterocycles. The Balaban J connectivity index is 2.71. The Bertz CT molecular complexity index is 471. The third kappa shape index (κ3) is 1.44. The number of Topliss-reactive ketones (excluding diaryl/α,β-unsaturated/α-hetero) is 1. The number of ether oxygens (including phenoxy) is 2. The van der Waals surface area contributed by atoms with E-state index in [1.165, 1.54) is 0 Å². The molecule has 16 heavy (non-hydrogen) atoms. The topological polar surface area (TPSA) is 35.5 Å². The summed E-state index contributed by atoms with van der Waals surface area (Å²) >= 11 is 0. The first-order valence-corrected chi connectivity index (χ1v) is 4.87. The van der Waals surface area contributed by atoms with Gasteiger partial charge in [-0.15, -0.1) is 0 Å². The third-order valence-corrected chi connectivity index (χ3v) is 2.53. The van der Waals surface area contributed by atoms with Gasteiger partial charge in [-0.2, -0.15) is 0 Å². The lowest BCUT2D eigenvalue weighted by atomic mass is 9.70. The van der Waals surface area contributed by atoms with Gasteiger partial charge >= 0.3 is 0 Å². The van der Waals surface area contributed by atoms with Gasteiger partial charge in [-0.3, -0.25) is 4.79 Å². The highest BCUT2D eigenvalue weighted by Gasteiger charge is 2.24. The average molecular weight is 208 g/mol. The molecule has 0 saturated heterocycles. The molecule has 0 atom stereocenters. The van der Waals surface area contributed by atoms with E-state index in [1.807, 2.05) is 0 Å². The number of hydrogen-bond donors (Lipinski definition) is 0. The third-order valence-electron chi connectivity index (χ3n) is 2.53.